The first kappa shape index (κ1) is 15.4. The zero-order chi connectivity index (χ0) is 13.5. The van der Waals surface area contributed by atoms with Gasteiger partial charge in [-0.3, -0.25) is 4.79 Å². The van der Waals surface area contributed by atoms with Crippen LogP contribution in [0.15, 0.2) is 0 Å². The monoisotopic (exact) mass is 256 g/mol. The second kappa shape index (κ2) is 7.74. The molecule has 0 spiro atoms. The molecule has 0 aromatic rings. The van der Waals surface area contributed by atoms with Gasteiger partial charge >= 0.3 is 0 Å². The lowest BCUT2D eigenvalue weighted by Crippen LogP contribution is -2.45. The van der Waals surface area contributed by atoms with Gasteiger partial charge in [-0.1, -0.05) is 20.8 Å². The normalized spacial score (nSPS) is 25.4. The molecule has 1 heterocycles. The summed E-state index contributed by atoms with van der Waals surface area (Å²) in [6.07, 6.45) is 2.52. The quantitative estimate of drug-likeness (QED) is 0.726. The third-order valence-corrected chi connectivity index (χ3v) is 3.51. The summed E-state index contributed by atoms with van der Waals surface area (Å²) in [6.45, 7) is 10.7. The zero-order valence-corrected chi connectivity index (χ0v) is 12.2. The summed E-state index contributed by atoms with van der Waals surface area (Å²) in [7, 11) is 0. The predicted molar refractivity (Wildman–Crippen MR) is 73.5 cm³/mol. The molecule has 0 aliphatic carbocycles. The highest BCUT2D eigenvalue weighted by Gasteiger charge is 2.27. The maximum absolute atomic E-state index is 11.8. The summed E-state index contributed by atoms with van der Waals surface area (Å²) in [5.74, 6) is 1.14. The van der Waals surface area contributed by atoms with Crippen molar-refractivity contribution in [2.45, 2.75) is 52.7 Å². The van der Waals surface area contributed by atoms with Gasteiger partial charge in [0, 0.05) is 19.7 Å². The van der Waals surface area contributed by atoms with Crippen molar-refractivity contribution in [2.24, 2.45) is 11.8 Å². The number of carbonyl (C=O) groups is 1. The number of ether oxygens (including phenoxy) is 1. The maximum atomic E-state index is 11.8. The van der Waals surface area contributed by atoms with E-state index in [1.807, 2.05) is 6.92 Å². The molecule has 1 saturated heterocycles. The fourth-order valence-corrected chi connectivity index (χ4v) is 2.26. The van der Waals surface area contributed by atoms with Crippen LogP contribution in [-0.2, 0) is 9.53 Å². The molecule has 1 rings (SSSR count). The van der Waals surface area contributed by atoms with Crippen LogP contribution >= 0.6 is 0 Å². The minimum absolute atomic E-state index is 0.0932. The molecule has 0 bridgehead atoms. The van der Waals surface area contributed by atoms with Gasteiger partial charge in [0.05, 0.1) is 12.1 Å². The van der Waals surface area contributed by atoms with Crippen LogP contribution in [-0.4, -0.2) is 37.7 Å². The van der Waals surface area contributed by atoms with E-state index in [0.717, 1.165) is 32.5 Å². The van der Waals surface area contributed by atoms with E-state index in [9.17, 15) is 4.79 Å². The molecule has 3 unspecified atom stereocenters. The minimum Gasteiger partial charge on any atom is -0.378 e. The molecule has 3 atom stereocenters. The molecule has 1 amide bonds. The summed E-state index contributed by atoms with van der Waals surface area (Å²) < 4.78 is 5.65. The van der Waals surface area contributed by atoms with Gasteiger partial charge in [-0.25, -0.2) is 0 Å². The average molecular weight is 256 g/mol. The standard InChI is InChI=1S/C14H28N2O2/c1-5-13-12(6-7-18-13)9-15-11(4)14(17)16-8-10(2)3/h10-13,15H,5-9H2,1-4H3,(H,16,17). The van der Waals surface area contributed by atoms with Crippen molar-refractivity contribution >= 4 is 5.91 Å². The SMILES string of the molecule is CCC1OCCC1CNC(C)C(=O)NCC(C)C. The predicted octanol–water partition coefficient (Wildman–Crippen LogP) is 1.55. The summed E-state index contributed by atoms with van der Waals surface area (Å²) >= 11 is 0. The Bertz CT molecular complexity index is 256. The number of nitrogens with one attached hydrogen (secondary N) is 2. The molecule has 1 aliphatic rings. The minimum atomic E-state index is -0.123. The molecule has 106 valence electrons. The number of amides is 1. The van der Waals surface area contributed by atoms with E-state index >= 15 is 0 Å². The highest BCUT2D eigenvalue weighted by atomic mass is 16.5. The van der Waals surface area contributed by atoms with Crippen molar-refractivity contribution in [1.82, 2.24) is 10.6 Å². The fraction of sp³-hybridized carbons (Fsp3) is 0.929. The Morgan fingerprint density at radius 3 is 2.72 bits per heavy atom. The first-order valence-electron chi connectivity index (χ1n) is 7.17. The highest BCUT2D eigenvalue weighted by Crippen LogP contribution is 2.22. The van der Waals surface area contributed by atoms with E-state index in [2.05, 4.69) is 31.4 Å². The van der Waals surface area contributed by atoms with Gasteiger partial charge in [0.2, 0.25) is 5.91 Å². The lowest BCUT2D eigenvalue weighted by Gasteiger charge is -2.20. The summed E-state index contributed by atoms with van der Waals surface area (Å²) in [5, 5.41) is 6.27. The van der Waals surface area contributed by atoms with Crippen LogP contribution in [0.5, 0.6) is 0 Å². The van der Waals surface area contributed by atoms with Crippen LogP contribution in [0.2, 0.25) is 0 Å². The van der Waals surface area contributed by atoms with Gasteiger partial charge in [0.25, 0.3) is 0 Å². The van der Waals surface area contributed by atoms with Crippen LogP contribution in [0, 0.1) is 11.8 Å². The van der Waals surface area contributed by atoms with Gasteiger partial charge in [-0.05, 0) is 31.6 Å². The van der Waals surface area contributed by atoms with Crippen LogP contribution in [0.4, 0.5) is 0 Å². The lowest BCUT2D eigenvalue weighted by atomic mass is 9.99. The highest BCUT2D eigenvalue weighted by molar-refractivity contribution is 5.81. The molecule has 0 aromatic heterocycles. The molecular formula is C14H28N2O2. The molecule has 18 heavy (non-hydrogen) atoms. The molecule has 0 aromatic carbocycles. The number of rotatable bonds is 7. The average Bonchev–Trinajstić information content (AvgIpc) is 2.80. The Morgan fingerprint density at radius 1 is 1.39 bits per heavy atom. The maximum Gasteiger partial charge on any atom is 0.236 e. The molecule has 0 saturated carbocycles. The van der Waals surface area contributed by atoms with E-state index in [-0.39, 0.29) is 11.9 Å². The molecule has 2 N–H and O–H groups in total. The van der Waals surface area contributed by atoms with Crippen molar-refractivity contribution in [3.05, 3.63) is 0 Å². The Kier molecular flexibility index (Phi) is 6.65. The summed E-state index contributed by atoms with van der Waals surface area (Å²) in [5.41, 5.74) is 0. The van der Waals surface area contributed by atoms with Crippen molar-refractivity contribution in [3.63, 3.8) is 0 Å². The zero-order valence-electron chi connectivity index (χ0n) is 12.2. The van der Waals surface area contributed by atoms with Gasteiger partial charge in [0.15, 0.2) is 0 Å². The molecule has 4 heteroatoms. The van der Waals surface area contributed by atoms with Crippen molar-refractivity contribution in [2.75, 3.05) is 19.7 Å². The third-order valence-electron chi connectivity index (χ3n) is 3.51. The molecule has 0 radical (unpaired) electrons. The lowest BCUT2D eigenvalue weighted by molar-refractivity contribution is -0.122. The van der Waals surface area contributed by atoms with Crippen LogP contribution in [0.3, 0.4) is 0 Å². The molecule has 4 nitrogen and oxygen atoms in total. The van der Waals surface area contributed by atoms with Crippen LogP contribution < -0.4 is 10.6 Å². The number of carbonyl (C=O) groups excluding carboxylic acids is 1. The van der Waals surface area contributed by atoms with Gasteiger partial charge in [-0.15, -0.1) is 0 Å². The van der Waals surface area contributed by atoms with E-state index in [4.69, 9.17) is 4.74 Å². The van der Waals surface area contributed by atoms with E-state index in [1.165, 1.54) is 0 Å². The van der Waals surface area contributed by atoms with Crippen LogP contribution in [0.25, 0.3) is 0 Å². The fourth-order valence-electron chi connectivity index (χ4n) is 2.26. The van der Waals surface area contributed by atoms with Crippen molar-refractivity contribution in [1.29, 1.82) is 0 Å². The second-order valence-corrected chi connectivity index (χ2v) is 5.64. The Labute approximate surface area is 111 Å². The molecule has 1 fully saturated rings. The Morgan fingerprint density at radius 2 is 2.11 bits per heavy atom. The third kappa shape index (κ3) is 4.94. The Hall–Kier alpha value is -0.610. The topological polar surface area (TPSA) is 50.4 Å². The van der Waals surface area contributed by atoms with Crippen molar-refractivity contribution in [3.8, 4) is 0 Å². The number of hydrogen-bond donors (Lipinski definition) is 2. The van der Waals surface area contributed by atoms with Gasteiger partial charge in [0.1, 0.15) is 0 Å². The van der Waals surface area contributed by atoms with E-state index < -0.39 is 0 Å². The smallest absolute Gasteiger partial charge is 0.236 e. The second-order valence-electron chi connectivity index (χ2n) is 5.64. The van der Waals surface area contributed by atoms with Gasteiger partial charge in [-0.2, -0.15) is 0 Å². The summed E-state index contributed by atoms with van der Waals surface area (Å²) in [6, 6.07) is -0.123. The first-order valence-corrected chi connectivity index (χ1v) is 7.17. The van der Waals surface area contributed by atoms with Crippen molar-refractivity contribution < 1.29 is 9.53 Å². The summed E-state index contributed by atoms with van der Waals surface area (Å²) in [4.78, 5) is 11.8. The van der Waals surface area contributed by atoms with E-state index in [1.54, 1.807) is 0 Å². The molecule has 1 aliphatic heterocycles. The van der Waals surface area contributed by atoms with Gasteiger partial charge < -0.3 is 15.4 Å². The van der Waals surface area contributed by atoms with Crippen LogP contribution in [0.1, 0.15) is 40.5 Å². The Balaban J connectivity index is 2.23. The molecular weight excluding hydrogens is 228 g/mol. The largest absolute Gasteiger partial charge is 0.378 e. The number of hydrogen-bond acceptors (Lipinski definition) is 3. The van der Waals surface area contributed by atoms with E-state index in [0.29, 0.717) is 17.9 Å². The first-order chi connectivity index (χ1) is 8.54.